The maximum absolute atomic E-state index is 12.5. The molecule has 15 heteroatoms. The van der Waals surface area contributed by atoms with E-state index in [1.807, 2.05) is 66.8 Å². The molecular weight excluding hydrogens is 779 g/mol. The van der Waals surface area contributed by atoms with Crippen molar-refractivity contribution in [1.82, 2.24) is 24.0 Å². The first-order chi connectivity index (χ1) is 26.8. The van der Waals surface area contributed by atoms with Crippen molar-refractivity contribution in [3.63, 3.8) is 0 Å². The number of halogens is 3. The first-order valence-electron chi connectivity index (χ1n) is 18.2. The molecule has 1 amide bonds. The van der Waals surface area contributed by atoms with E-state index in [2.05, 4.69) is 14.9 Å². The van der Waals surface area contributed by atoms with Crippen LogP contribution in [0.5, 0.6) is 11.5 Å². The number of ether oxygens (including phenoxy) is 4. The summed E-state index contributed by atoms with van der Waals surface area (Å²) in [5, 5.41) is 1.64. The highest BCUT2D eigenvalue weighted by molar-refractivity contribution is 6.35. The molecule has 5 aromatic rings. The number of amides is 1. The third-order valence-corrected chi connectivity index (χ3v) is 10.1. The summed E-state index contributed by atoms with van der Waals surface area (Å²) >= 11 is 18.5. The number of imidazole rings is 2. The second-order valence-corrected chi connectivity index (χ2v) is 15.8. The topological polar surface area (TPSA) is 113 Å². The molecule has 2 aliphatic rings. The van der Waals surface area contributed by atoms with Gasteiger partial charge in [0.05, 0.1) is 30.8 Å². The van der Waals surface area contributed by atoms with Gasteiger partial charge in [-0.05, 0) is 60.7 Å². The van der Waals surface area contributed by atoms with E-state index >= 15 is 0 Å². The fourth-order valence-corrected chi connectivity index (χ4v) is 6.95. The minimum Gasteiger partial charge on any atom is -0.491 e. The van der Waals surface area contributed by atoms with E-state index in [0.717, 1.165) is 37.6 Å². The van der Waals surface area contributed by atoms with Gasteiger partial charge in [0.15, 0.2) is 5.78 Å². The van der Waals surface area contributed by atoms with Gasteiger partial charge in [-0.15, -0.1) is 0 Å². The molecule has 0 aliphatic carbocycles. The van der Waals surface area contributed by atoms with Crippen molar-refractivity contribution in [3.8, 4) is 11.5 Å². The Labute approximate surface area is 341 Å². The van der Waals surface area contributed by atoms with Gasteiger partial charge in [0.25, 0.3) is 0 Å². The summed E-state index contributed by atoms with van der Waals surface area (Å²) in [6.07, 6.45) is 9.15. The van der Waals surface area contributed by atoms with Crippen LogP contribution in [0, 0.1) is 5.41 Å². The van der Waals surface area contributed by atoms with Gasteiger partial charge in [0.1, 0.15) is 24.2 Å². The Bertz CT molecular complexity index is 2030. The summed E-state index contributed by atoms with van der Waals surface area (Å²) < 4.78 is 28.1. The monoisotopic (exact) mass is 822 g/mol. The Morgan fingerprint density at radius 1 is 0.875 bits per heavy atom. The molecule has 3 atom stereocenters. The second kappa shape index (κ2) is 18.1. The summed E-state index contributed by atoms with van der Waals surface area (Å²) in [6, 6.07) is 20.2. The summed E-state index contributed by atoms with van der Waals surface area (Å²) in [7, 11) is 0. The first-order valence-corrected chi connectivity index (χ1v) is 19.3. The number of hydrogen-bond acceptors (Lipinski definition) is 9. The maximum Gasteiger partial charge on any atom is 0.236 e. The molecule has 1 unspecified atom stereocenters. The standard InChI is InChI=1S/C26H28Cl2N4O4.C15H17ClN2O2/c1-19(33)31-10-12-32(13-11-31)21-3-5-22(6-4-21)34-15-23-16-35-26(36-23,17-30-9-8-29-18-30)24-7-2-20(27)14-25(24)28;1-15(2,3)13(19)14(18-9-8-17-10-18)20-12-6-4-11(16)5-7-12/h2-9,14,18,23H,10-13,15-17H2,1H3;4-10,14H,1-3H3/t23-,26-;/m0./s1. The number of anilines is 1. The molecule has 0 N–H and O–H groups in total. The van der Waals surface area contributed by atoms with Crippen molar-refractivity contribution in [2.24, 2.45) is 5.41 Å². The van der Waals surface area contributed by atoms with Crippen molar-refractivity contribution in [1.29, 1.82) is 0 Å². The largest absolute Gasteiger partial charge is 0.491 e. The SMILES string of the molecule is CC(=O)N1CCN(c2ccc(OC[C@H]3CO[C@](Cn4ccnc4)(c4ccc(Cl)cc4Cl)O3)cc2)CC1.CC(C)(C)C(=O)C(Oc1ccc(Cl)cc1)n1ccnc1. The second-order valence-electron chi connectivity index (χ2n) is 14.5. The Kier molecular flexibility index (Phi) is 13.3. The molecule has 3 aromatic carbocycles. The molecule has 0 radical (unpaired) electrons. The summed E-state index contributed by atoms with van der Waals surface area (Å²) in [6.45, 7) is 11.4. The van der Waals surface area contributed by atoms with Crippen LogP contribution in [0.1, 0.15) is 39.5 Å². The third-order valence-electron chi connectivity index (χ3n) is 9.33. The lowest BCUT2D eigenvalue weighted by atomic mass is 9.89. The molecule has 2 fully saturated rings. The number of rotatable bonds is 11. The normalized spacial score (nSPS) is 18.9. The van der Waals surface area contributed by atoms with Crippen LogP contribution in [0.25, 0.3) is 0 Å². The highest BCUT2D eigenvalue weighted by Crippen LogP contribution is 2.40. The van der Waals surface area contributed by atoms with Crippen LogP contribution < -0.4 is 14.4 Å². The number of carbonyl (C=O) groups is 2. The molecule has 4 heterocycles. The van der Waals surface area contributed by atoms with Crippen LogP contribution in [-0.2, 0) is 31.4 Å². The van der Waals surface area contributed by atoms with E-state index in [1.165, 1.54) is 0 Å². The first kappa shape index (κ1) is 41.1. The predicted octanol–water partition coefficient (Wildman–Crippen LogP) is 7.94. The number of piperazine rings is 1. The minimum atomic E-state index is -1.08. The molecule has 2 aliphatic heterocycles. The van der Waals surface area contributed by atoms with Crippen molar-refractivity contribution in [2.45, 2.75) is 52.4 Å². The van der Waals surface area contributed by atoms with Crippen molar-refractivity contribution in [3.05, 3.63) is 125 Å². The average Bonchev–Trinajstić information content (AvgIpc) is 3.98. The molecule has 0 bridgehead atoms. The number of Topliss-reactive ketones (excluding diaryl/α,β-unsaturated/α-hetero) is 1. The van der Waals surface area contributed by atoms with Crippen molar-refractivity contribution < 1.29 is 28.5 Å². The highest BCUT2D eigenvalue weighted by atomic mass is 35.5. The van der Waals surface area contributed by atoms with Crippen molar-refractivity contribution >= 4 is 52.2 Å². The van der Waals surface area contributed by atoms with E-state index in [1.54, 1.807) is 79.1 Å². The van der Waals surface area contributed by atoms with Crippen LogP contribution in [0.3, 0.4) is 0 Å². The van der Waals surface area contributed by atoms with Gasteiger partial charge in [-0.3, -0.25) is 14.2 Å². The van der Waals surface area contributed by atoms with Gasteiger partial charge in [0.2, 0.25) is 17.9 Å². The lowest BCUT2D eigenvalue weighted by Gasteiger charge is -2.35. The average molecular weight is 824 g/mol. The van der Waals surface area contributed by atoms with E-state index in [9.17, 15) is 9.59 Å². The van der Waals surface area contributed by atoms with E-state index < -0.39 is 17.4 Å². The lowest BCUT2D eigenvalue weighted by Crippen LogP contribution is -2.48. The minimum absolute atomic E-state index is 0.0227. The summed E-state index contributed by atoms with van der Waals surface area (Å²) in [4.78, 5) is 36.3. The molecule has 56 heavy (non-hydrogen) atoms. The van der Waals surface area contributed by atoms with E-state index in [-0.39, 0.29) is 17.8 Å². The van der Waals surface area contributed by atoms with Gasteiger partial charge in [-0.2, -0.15) is 0 Å². The predicted molar refractivity (Wildman–Crippen MR) is 215 cm³/mol. The molecular formula is C41H45Cl3N6O6. The molecule has 2 aromatic heterocycles. The van der Waals surface area contributed by atoms with Crippen LogP contribution in [0.2, 0.25) is 15.1 Å². The fraction of sp³-hybridized carbons (Fsp3) is 0.366. The van der Waals surface area contributed by atoms with Crippen LogP contribution in [0.4, 0.5) is 5.69 Å². The van der Waals surface area contributed by atoms with Crippen LogP contribution in [0.15, 0.2) is 104 Å². The van der Waals surface area contributed by atoms with Gasteiger partial charge in [-0.25, -0.2) is 9.97 Å². The third kappa shape index (κ3) is 10.4. The number of carbonyl (C=O) groups excluding carboxylic acids is 2. The van der Waals surface area contributed by atoms with Gasteiger partial charge in [-0.1, -0.05) is 61.6 Å². The summed E-state index contributed by atoms with van der Waals surface area (Å²) in [5.41, 5.74) is 1.31. The molecule has 296 valence electrons. The number of hydrogen-bond donors (Lipinski definition) is 0. The highest BCUT2D eigenvalue weighted by Gasteiger charge is 2.45. The number of nitrogens with zero attached hydrogens (tertiary/aromatic N) is 6. The van der Waals surface area contributed by atoms with Gasteiger partial charge >= 0.3 is 0 Å². The number of aromatic nitrogens is 4. The molecule has 12 nitrogen and oxygen atoms in total. The zero-order chi connectivity index (χ0) is 39.9. The van der Waals surface area contributed by atoms with Crippen molar-refractivity contribution in [2.75, 3.05) is 44.3 Å². The van der Waals surface area contributed by atoms with Crippen LogP contribution in [-0.4, -0.2) is 81.2 Å². The van der Waals surface area contributed by atoms with E-state index in [4.69, 9.17) is 53.8 Å². The zero-order valence-corrected chi connectivity index (χ0v) is 34.0. The molecule has 0 saturated carbocycles. The Morgan fingerprint density at radius 2 is 1.54 bits per heavy atom. The van der Waals surface area contributed by atoms with E-state index in [0.29, 0.717) is 46.1 Å². The smallest absolute Gasteiger partial charge is 0.236 e. The fourth-order valence-electron chi connectivity index (χ4n) is 6.27. The zero-order valence-electron chi connectivity index (χ0n) is 31.7. The Hall–Kier alpha value is -4.59. The van der Waals surface area contributed by atoms with Gasteiger partial charge < -0.3 is 33.3 Å². The Balaban J connectivity index is 0.000000225. The number of benzene rings is 3. The Morgan fingerprint density at radius 3 is 2.14 bits per heavy atom. The molecule has 2 saturated heterocycles. The van der Waals surface area contributed by atoms with Gasteiger partial charge in [0, 0.05) is 84.6 Å². The quantitative estimate of drug-likeness (QED) is 0.131. The summed E-state index contributed by atoms with van der Waals surface area (Å²) in [5.74, 6) is 0.365. The molecule has 7 rings (SSSR count). The lowest BCUT2D eigenvalue weighted by molar-refractivity contribution is -0.189. The number of ketones is 1. The molecule has 0 spiro atoms. The maximum atomic E-state index is 12.5. The van der Waals surface area contributed by atoms with Crippen LogP contribution >= 0.6 is 34.8 Å².